The Kier molecular flexibility index (Phi) is 6.75. The summed E-state index contributed by atoms with van der Waals surface area (Å²) in [7, 11) is -3.62. The Bertz CT molecular complexity index is 1070. The molecular weight excluding hydrogens is 488 g/mol. The lowest BCUT2D eigenvalue weighted by molar-refractivity contribution is -0.157. The maximum Gasteiger partial charge on any atom is 0.344 e. The van der Waals surface area contributed by atoms with Gasteiger partial charge in [0, 0.05) is 23.9 Å². The first-order valence-corrected chi connectivity index (χ1v) is 12.9. The van der Waals surface area contributed by atoms with Gasteiger partial charge in [0.05, 0.1) is 11.3 Å². The largest absolute Gasteiger partial charge is 0.481 e. The number of carbonyl (C=O) groups excluding carboxylic acids is 2. The zero-order chi connectivity index (χ0) is 23.7. The topological polar surface area (TPSA) is 193 Å². The summed E-state index contributed by atoms with van der Waals surface area (Å²) >= 11 is 2.22. The van der Waals surface area contributed by atoms with Crippen molar-refractivity contribution < 1.29 is 42.6 Å². The zero-order valence-corrected chi connectivity index (χ0v) is 18.9. The van der Waals surface area contributed by atoms with Crippen molar-refractivity contribution in [1.82, 2.24) is 15.2 Å². The number of amides is 2. The van der Waals surface area contributed by atoms with Crippen LogP contribution in [-0.4, -0.2) is 100 Å². The Hall–Kier alpha value is -2.72. The Balaban J connectivity index is 1.72. The van der Waals surface area contributed by atoms with Crippen LogP contribution in [0.3, 0.4) is 0 Å². The maximum absolute atomic E-state index is 12.7. The van der Waals surface area contributed by atoms with E-state index in [1.807, 2.05) is 0 Å². The molecular formula is C16H18N4O9S3. The third-order valence-electron chi connectivity index (χ3n) is 4.66. The van der Waals surface area contributed by atoms with Crippen LogP contribution in [0.4, 0.5) is 0 Å². The quantitative estimate of drug-likeness (QED) is 0.200. The number of sulfone groups is 1. The summed E-state index contributed by atoms with van der Waals surface area (Å²) in [5, 5.41) is 25.2. The average Bonchev–Trinajstić information content (AvgIpc) is 3.22. The summed E-state index contributed by atoms with van der Waals surface area (Å²) in [6, 6.07) is -0.999. The highest BCUT2D eigenvalue weighted by Gasteiger charge is 2.58. The average molecular weight is 507 g/mol. The monoisotopic (exact) mass is 506 g/mol. The second-order valence-corrected chi connectivity index (χ2v) is 11.2. The molecule has 3 rings (SSSR count). The molecule has 0 radical (unpaired) electrons. The first-order valence-electron chi connectivity index (χ1n) is 8.88. The number of nitrogens with zero attached hydrogens (tertiary/aromatic N) is 3. The van der Waals surface area contributed by atoms with Crippen LogP contribution < -0.4 is 5.32 Å². The van der Waals surface area contributed by atoms with Gasteiger partial charge >= 0.3 is 11.9 Å². The lowest BCUT2D eigenvalue weighted by Crippen LogP contribution is -2.74. The molecule has 2 fully saturated rings. The van der Waals surface area contributed by atoms with Gasteiger partial charge in [-0.1, -0.05) is 5.16 Å². The Morgan fingerprint density at radius 1 is 1.41 bits per heavy atom. The second-order valence-electron chi connectivity index (χ2n) is 7.26. The molecule has 2 aliphatic rings. The van der Waals surface area contributed by atoms with Crippen LogP contribution in [0.25, 0.3) is 0 Å². The van der Waals surface area contributed by atoms with Gasteiger partial charge in [-0.3, -0.25) is 14.4 Å². The fourth-order valence-electron chi connectivity index (χ4n) is 3.30. The molecule has 32 heavy (non-hydrogen) atoms. The minimum Gasteiger partial charge on any atom is -0.481 e. The van der Waals surface area contributed by atoms with Crippen molar-refractivity contribution in [2.75, 3.05) is 30.9 Å². The van der Waals surface area contributed by atoms with Crippen molar-refractivity contribution in [2.24, 2.45) is 10.6 Å². The maximum atomic E-state index is 12.7. The van der Waals surface area contributed by atoms with Gasteiger partial charge in [-0.05, 0) is 0 Å². The highest BCUT2D eigenvalue weighted by atomic mass is 32.2. The molecule has 3 atom stereocenters. The number of hydrogen-bond donors (Lipinski definition) is 3. The number of aromatic nitrogens is 1. The van der Waals surface area contributed by atoms with E-state index >= 15 is 0 Å². The van der Waals surface area contributed by atoms with Crippen molar-refractivity contribution in [2.45, 2.75) is 11.4 Å². The molecule has 2 saturated heterocycles. The van der Waals surface area contributed by atoms with Gasteiger partial charge in [-0.2, -0.15) is 0 Å². The van der Waals surface area contributed by atoms with Crippen molar-refractivity contribution in [3.8, 4) is 0 Å². The van der Waals surface area contributed by atoms with Gasteiger partial charge in [0.25, 0.3) is 5.91 Å². The number of oxime groups is 1. The summed E-state index contributed by atoms with van der Waals surface area (Å²) in [5.41, 5.74) is -0.417. The predicted molar refractivity (Wildman–Crippen MR) is 112 cm³/mol. The first kappa shape index (κ1) is 23.9. The normalized spacial score (nSPS) is 25.5. The van der Waals surface area contributed by atoms with E-state index < -0.39 is 62.8 Å². The van der Waals surface area contributed by atoms with E-state index in [1.165, 1.54) is 15.8 Å². The number of thioether (sulfide) groups is 1. The third kappa shape index (κ3) is 5.02. The third-order valence-corrected chi connectivity index (χ3v) is 7.91. The summed E-state index contributed by atoms with van der Waals surface area (Å²) in [5.74, 6) is -4.69. The standard InChI is InChI=1S/C16H18N4O9S3/c1-32(27,28)6-16(15(25)26)4-20-13(24)11(14(20)31-5-16)18-12(23)10(8-3-30-7-17-8)19-29-2-9(21)22/h3,7,11,14H,2,4-6H2,1H3,(H,18,23)(H,21,22)(H,25,26)/t11?,14-,16?/m1/s1. The molecule has 2 amide bonds. The van der Waals surface area contributed by atoms with Crippen LogP contribution in [0.2, 0.25) is 0 Å². The lowest BCUT2D eigenvalue weighted by atomic mass is 9.89. The number of carboxylic acids is 2. The number of β-lactam (4-membered cyclic amide) rings is 1. The number of aliphatic carboxylic acids is 2. The first-order chi connectivity index (χ1) is 14.9. The SMILES string of the molecule is CS(=O)(=O)CC1(C(=O)O)CS[C@@H]2C(NC(=O)C(=NOCC(=O)O)c3cscn3)C(=O)N2C1. The number of carboxylic acid groups (broad SMARTS) is 2. The lowest BCUT2D eigenvalue weighted by Gasteiger charge is -2.53. The molecule has 0 saturated carbocycles. The molecule has 1 aromatic rings. The van der Waals surface area contributed by atoms with Crippen LogP contribution in [0.15, 0.2) is 16.0 Å². The van der Waals surface area contributed by atoms with E-state index in [0.717, 1.165) is 29.4 Å². The minimum absolute atomic E-state index is 0.0645. The summed E-state index contributed by atoms with van der Waals surface area (Å²) < 4.78 is 23.4. The summed E-state index contributed by atoms with van der Waals surface area (Å²) in [6.07, 6.45) is 0.932. The Labute approximate surface area is 189 Å². The van der Waals surface area contributed by atoms with E-state index in [-0.39, 0.29) is 23.7 Å². The van der Waals surface area contributed by atoms with Crippen molar-refractivity contribution in [3.05, 3.63) is 16.6 Å². The van der Waals surface area contributed by atoms with Crippen molar-refractivity contribution in [1.29, 1.82) is 0 Å². The Morgan fingerprint density at radius 2 is 2.12 bits per heavy atom. The fourth-order valence-corrected chi connectivity index (χ4v) is 6.83. The molecule has 0 spiro atoms. The highest BCUT2D eigenvalue weighted by molar-refractivity contribution is 8.00. The number of nitrogens with one attached hydrogen (secondary N) is 1. The second kappa shape index (κ2) is 9.03. The molecule has 2 unspecified atom stereocenters. The van der Waals surface area contributed by atoms with E-state index in [1.54, 1.807) is 0 Å². The van der Waals surface area contributed by atoms with E-state index in [4.69, 9.17) is 5.11 Å². The van der Waals surface area contributed by atoms with Gasteiger partial charge in [-0.15, -0.1) is 23.1 Å². The fraction of sp³-hybridized carbons (Fsp3) is 0.500. The molecule has 0 aromatic carbocycles. The number of hydrogen-bond acceptors (Lipinski definition) is 11. The van der Waals surface area contributed by atoms with E-state index in [0.29, 0.717) is 0 Å². The summed E-state index contributed by atoms with van der Waals surface area (Å²) in [6.45, 7) is -1.08. The minimum atomic E-state index is -3.62. The molecule has 13 nitrogen and oxygen atoms in total. The van der Waals surface area contributed by atoms with Gasteiger partial charge < -0.3 is 25.3 Å². The molecule has 0 aliphatic carbocycles. The zero-order valence-electron chi connectivity index (χ0n) is 16.5. The number of carbonyl (C=O) groups is 4. The molecule has 174 valence electrons. The molecule has 0 bridgehead atoms. The molecule has 3 heterocycles. The Morgan fingerprint density at radius 3 is 2.69 bits per heavy atom. The van der Waals surface area contributed by atoms with Crippen LogP contribution in [0.1, 0.15) is 5.69 Å². The van der Waals surface area contributed by atoms with Crippen LogP contribution in [0, 0.1) is 5.41 Å². The molecule has 1 aromatic heterocycles. The van der Waals surface area contributed by atoms with Gasteiger partial charge in [0.15, 0.2) is 5.71 Å². The van der Waals surface area contributed by atoms with Crippen molar-refractivity contribution in [3.63, 3.8) is 0 Å². The number of fused-ring (bicyclic) bond motifs is 1. The number of thiazole rings is 1. The smallest absolute Gasteiger partial charge is 0.344 e. The van der Waals surface area contributed by atoms with Crippen molar-refractivity contribution >= 4 is 62.4 Å². The molecule has 2 aliphatic heterocycles. The van der Waals surface area contributed by atoms with Crippen LogP contribution in [0.5, 0.6) is 0 Å². The molecule has 3 N–H and O–H groups in total. The van der Waals surface area contributed by atoms with Gasteiger partial charge in [-0.25, -0.2) is 18.2 Å². The van der Waals surface area contributed by atoms with Crippen LogP contribution >= 0.6 is 23.1 Å². The number of rotatable bonds is 9. The van der Waals surface area contributed by atoms with Gasteiger partial charge in [0.2, 0.25) is 12.5 Å². The van der Waals surface area contributed by atoms with E-state index in [2.05, 4.69) is 20.3 Å². The van der Waals surface area contributed by atoms with Crippen LogP contribution in [-0.2, 0) is 33.9 Å². The summed E-state index contributed by atoms with van der Waals surface area (Å²) in [4.78, 5) is 57.5. The predicted octanol–water partition coefficient (Wildman–Crippen LogP) is -1.54. The molecule has 16 heteroatoms. The van der Waals surface area contributed by atoms with E-state index in [9.17, 15) is 32.7 Å². The van der Waals surface area contributed by atoms with Gasteiger partial charge in [0.1, 0.15) is 32.4 Å². The highest BCUT2D eigenvalue weighted by Crippen LogP contribution is 2.42.